The Hall–Kier alpha value is -2.86. The molecule has 1 aliphatic heterocycles. The van der Waals surface area contributed by atoms with E-state index in [4.69, 9.17) is 0 Å². The summed E-state index contributed by atoms with van der Waals surface area (Å²) in [6.07, 6.45) is 0.881. The van der Waals surface area contributed by atoms with Gasteiger partial charge in [-0.3, -0.25) is 14.5 Å². The summed E-state index contributed by atoms with van der Waals surface area (Å²) in [6, 6.07) is 15.6. The molecule has 2 aromatic carbocycles. The highest BCUT2D eigenvalue weighted by atomic mass is 16.2. The molecule has 0 radical (unpaired) electrons. The number of carbonyl (C=O) groups excluding carboxylic acids is 2. The van der Waals surface area contributed by atoms with E-state index in [-0.39, 0.29) is 11.8 Å². The maximum atomic E-state index is 12.8. The fraction of sp³-hybridized carbons (Fsp3) is 0.391. The minimum Gasteiger partial charge on any atom is -0.378 e. The molecule has 1 saturated heterocycles. The third-order valence-electron chi connectivity index (χ3n) is 5.31. The lowest BCUT2D eigenvalue weighted by Gasteiger charge is -2.34. The van der Waals surface area contributed by atoms with Gasteiger partial charge in [0.05, 0.1) is 6.54 Å². The fourth-order valence-corrected chi connectivity index (χ4v) is 3.55. The highest BCUT2D eigenvalue weighted by molar-refractivity contribution is 5.95. The monoisotopic (exact) mass is 394 g/mol. The second-order valence-corrected chi connectivity index (χ2v) is 7.57. The second-order valence-electron chi connectivity index (χ2n) is 7.57. The van der Waals surface area contributed by atoms with Gasteiger partial charge in [0.25, 0.3) is 5.91 Å². The number of nitrogens with zero attached hydrogens (tertiary/aromatic N) is 3. The number of amides is 2. The number of nitrogens with one attached hydrogen (secondary N) is 1. The number of hydrogen-bond donors (Lipinski definition) is 1. The minimum atomic E-state index is -0.00985. The maximum Gasteiger partial charge on any atom is 0.254 e. The Labute approximate surface area is 173 Å². The van der Waals surface area contributed by atoms with Crippen molar-refractivity contribution in [2.45, 2.75) is 13.3 Å². The van der Waals surface area contributed by atoms with E-state index < -0.39 is 0 Å². The third-order valence-corrected chi connectivity index (χ3v) is 5.31. The summed E-state index contributed by atoms with van der Waals surface area (Å²) >= 11 is 0. The molecule has 0 aromatic heterocycles. The van der Waals surface area contributed by atoms with Gasteiger partial charge < -0.3 is 15.1 Å². The average Bonchev–Trinajstić information content (AvgIpc) is 2.74. The number of aryl methyl sites for hydroxylation is 1. The molecule has 29 heavy (non-hydrogen) atoms. The zero-order valence-electron chi connectivity index (χ0n) is 17.5. The van der Waals surface area contributed by atoms with Crippen LogP contribution < -0.4 is 10.2 Å². The molecule has 1 aliphatic rings. The van der Waals surface area contributed by atoms with E-state index in [1.54, 1.807) is 0 Å². The molecule has 0 aliphatic carbocycles. The molecule has 0 bridgehead atoms. The Morgan fingerprint density at radius 3 is 2.41 bits per heavy atom. The van der Waals surface area contributed by atoms with Crippen LogP contribution in [0.4, 0.5) is 11.4 Å². The highest BCUT2D eigenvalue weighted by Gasteiger charge is 2.23. The van der Waals surface area contributed by atoms with Gasteiger partial charge in [-0.2, -0.15) is 0 Å². The average molecular weight is 395 g/mol. The Morgan fingerprint density at radius 1 is 1.00 bits per heavy atom. The minimum absolute atomic E-state index is 0.00985. The van der Waals surface area contributed by atoms with Gasteiger partial charge in [0, 0.05) is 57.2 Å². The van der Waals surface area contributed by atoms with Gasteiger partial charge in [-0.15, -0.1) is 0 Å². The second kappa shape index (κ2) is 9.56. The van der Waals surface area contributed by atoms with Gasteiger partial charge in [-0.1, -0.05) is 31.2 Å². The van der Waals surface area contributed by atoms with Gasteiger partial charge in [0.15, 0.2) is 0 Å². The van der Waals surface area contributed by atoms with E-state index in [9.17, 15) is 9.59 Å². The first-order chi connectivity index (χ1) is 14.0. The van der Waals surface area contributed by atoms with Gasteiger partial charge in [0.2, 0.25) is 5.91 Å². The van der Waals surface area contributed by atoms with Crippen LogP contribution in [-0.4, -0.2) is 68.4 Å². The van der Waals surface area contributed by atoms with E-state index in [1.807, 2.05) is 72.4 Å². The zero-order valence-corrected chi connectivity index (χ0v) is 17.5. The van der Waals surface area contributed by atoms with Crippen LogP contribution in [0, 0.1) is 0 Å². The molecule has 6 nitrogen and oxygen atoms in total. The Bertz CT molecular complexity index is 857. The zero-order chi connectivity index (χ0) is 20.8. The van der Waals surface area contributed by atoms with Crippen LogP contribution in [0.5, 0.6) is 0 Å². The molecular weight excluding hydrogens is 364 g/mol. The standard InChI is InChI=1S/C23H30N4O2/c1-4-18-8-5-6-11-21(18)24-22(28)17-26-12-14-27(15-13-26)23(29)19-9-7-10-20(16-19)25(2)3/h5-11,16H,4,12-15,17H2,1-3H3,(H,24,28). The molecule has 0 saturated carbocycles. The van der Waals surface area contributed by atoms with Gasteiger partial charge in [0.1, 0.15) is 0 Å². The molecule has 2 aromatic rings. The smallest absolute Gasteiger partial charge is 0.254 e. The fourth-order valence-electron chi connectivity index (χ4n) is 3.55. The molecule has 3 rings (SSSR count). The first-order valence-electron chi connectivity index (χ1n) is 10.1. The SMILES string of the molecule is CCc1ccccc1NC(=O)CN1CCN(C(=O)c2cccc(N(C)C)c2)CC1. The number of benzene rings is 2. The van der Waals surface area contributed by atoms with Crippen molar-refractivity contribution in [1.29, 1.82) is 0 Å². The number of rotatable bonds is 6. The Balaban J connectivity index is 1.52. The lowest BCUT2D eigenvalue weighted by atomic mass is 10.1. The topological polar surface area (TPSA) is 55.9 Å². The van der Waals surface area contributed by atoms with Crippen molar-refractivity contribution in [1.82, 2.24) is 9.80 Å². The number of hydrogen-bond acceptors (Lipinski definition) is 4. The normalized spacial score (nSPS) is 14.5. The van der Waals surface area contributed by atoms with Crippen molar-refractivity contribution >= 4 is 23.2 Å². The predicted molar refractivity (Wildman–Crippen MR) is 118 cm³/mol. The number of anilines is 2. The van der Waals surface area contributed by atoms with E-state index in [0.29, 0.717) is 38.3 Å². The van der Waals surface area contributed by atoms with E-state index in [2.05, 4.69) is 17.1 Å². The van der Waals surface area contributed by atoms with Crippen molar-refractivity contribution in [3.63, 3.8) is 0 Å². The van der Waals surface area contributed by atoms with Gasteiger partial charge >= 0.3 is 0 Å². The largest absolute Gasteiger partial charge is 0.378 e. The Kier molecular flexibility index (Phi) is 6.88. The van der Waals surface area contributed by atoms with Crippen molar-refractivity contribution in [2.24, 2.45) is 0 Å². The first-order valence-corrected chi connectivity index (χ1v) is 10.1. The summed E-state index contributed by atoms with van der Waals surface area (Å²) in [5, 5.41) is 3.02. The molecule has 0 unspecified atom stereocenters. The van der Waals surface area contributed by atoms with Gasteiger partial charge in [-0.25, -0.2) is 0 Å². The lowest BCUT2D eigenvalue weighted by molar-refractivity contribution is -0.117. The van der Waals surface area contributed by atoms with Crippen molar-refractivity contribution in [3.05, 3.63) is 59.7 Å². The molecule has 0 atom stereocenters. The van der Waals surface area contributed by atoms with Crippen LogP contribution >= 0.6 is 0 Å². The van der Waals surface area contributed by atoms with E-state index in [0.717, 1.165) is 23.4 Å². The van der Waals surface area contributed by atoms with Crippen LogP contribution in [0.25, 0.3) is 0 Å². The number of piperazine rings is 1. The van der Waals surface area contributed by atoms with Crippen molar-refractivity contribution < 1.29 is 9.59 Å². The summed E-state index contributed by atoms with van der Waals surface area (Å²) in [5.74, 6) is 0.0408. The third kappa shape index (κ3) is 5.35. The number of para-hydroxylation sites is 1. The molecule has 2 amide bonds. The quantitative estimate of drug-likeness (QED) is 0.819. The van der Waals surface area contributed by atoms with Crippen molar-refractivity contribution in [3.8, 4) is 0 Å². The molecule has 6 heteroatoms. The molecule has 1 N–H and O–H groups in total. The first kappa shape index (κ1) is 20.9. The van der Waals surface area contributed by atoms with Crippen LogP contribution in [-0.2, 0) is 11.2 Å². The molecule has 1 heterocycles. The van der Waals surface area contributed by atoms with Crippen LogP contribution in [0.2, 0.25) is 0 Å². The maximum absolute atomic E-state index is 12.8. The predicted octanol–water partition coefficient (Wildman–Crippen LogP) is 2.71. The number of carbonyl (C=O) groups is 2. The molecular formula is C23H30N4O2. The van der Waals surface area contributed by atoms with Crippen LogP contribution in [0.3, 0.4) is 0 Å². The van der Waals surface area contributed by atoms with Gasteiger partial charge in [-0.05, 0) is 36.2 Å². The lowest BCUT2D eigenvalue weighted by Crippen LogP contribution is -2.50. The molecule has 154 valence electrons. The molecule has 1 fully saturated rings. The summed E-state index contributed by atoms with van der Waals surface area (Å²) in [4.78, 5) is 31.2. The summed E-state index contributed by atoms with van der Waals surface area (Å²) < 4.78 is 0. The van der Waals surface area contributed by atoms with Crippen LogP contribution in [0.15, 0.2) is 48.5 Å². The van der Waals surface area contributed by atoms with E-state index >= 15 is 0 Å². The van der Waals surface area contributed by atoms with Crippen molar-refractivity contribution in [2.75, 3.05) is 57.0 Å². The summed E-state index contributed by atoms with van der Waals surface area (Å²) in [6.45, 7) is 5.07. The summed E-state index contributed by atoms with van der Waals surface area (Å²) in [7, 11) is 3.93. The highest BCUT2D eigenvalue weighted by Crippen LogP contribution is 2.17. The van der Waals surface area contributed by atoms with E-state index in [1.165, 1.54) is 0 Å². The van der Waals surface area contributed by atoms with Crippen LogP contribution in [0.1, 0.15) is 22.8 Å². The molecule has 0 spiro atoms. The Morgan fingerprint density at radius 2 is 1.72 bits per heavy atom. The summed E-state index contributed by atoms with van der Waals surface area (Å²) in [5.41, 5.74) is 3.74.